The minimum atomic E-state index is -0.0886. The molecule has 24 heavy (non-hydrogen) atoms. The van der Waals surface area contributed by atoms with Gasteiger partial charge < -0.3 is 4.90 Å². The molecule has 122 valence electrons. The van der Waals surface area contributed by atoms with Crippen LogP contribution < -0.4 is 0 Å². The summed E-state index contributed by atoms with van der Waals surface area (Å²) in [6.07, 6.45) is 3.60. The first-order valence-electron chi connectivity index (χ1n) is 7.91. The van der Waals surface area contributed by atoms with Gasteiger partial charge in [0, 0.05) is 25.2 Å². The van der Waals surface area contributed by atoms with Gasteiger partial charge in [-0.1, -0.05) is 40.8 Å². The molecule has 1 fully saturated rings. The molecule has 8 nitrogen and oxygen atoms in total. The summed E-state index contributed by atoms with van der Waals surface area (Å²) in [5.41, 5.74) is 2.26. The summed E-state index contributed by atoms with van der Waals surface area (Å²) in [6, 6.07) is 10.1. The van der Waals surface area contributed by atoms with Crippen LogP contribution in [0.1, 0.15) is 23.5 Å². The minimum absolute atomic E-state index is 0.0886. The first kappa shape index (κ1) is 14.6. The summed E-state index contributed by atoms with van der Waals surface area (Å²) in [7, 11) is 0. The monoisotopic (exact) mass is 323 g/mol. The van der Waals surface area contributed by atoms with E-state index in [1.165, 1.54) is 0 Å². The Morgan fingerprint density at radius 1 is 1.12 bits per heavy atom. The van der Waals surface area contributed by atoms with Gasteiger partial charge in [-0.2, -0.15) is 0 Å². The number of likely N-dealkylation sites (tertiary alicyclic amines) is 1. The van der Waals surface area contributed by atoms with Crippen molar-refractivity contribution in [3.63, 3.8) is 0 Å². The molecule has 0 spiro atoms. The van der Waals surface area contributed by atoms with Crippen molar-refractivity contribution in [1.82, 2.24) is 34.9 Å². The standard InChI is InChI=1S/C16H17N7O/c1-2-22-10-15(18-19-22)16(24)21-8-13(9-21)23-11-14(17-20-23)12-6-4-3-5-7-12/h3-7,10-11,13H,2,8-9H2,1H3. The van der Waals surface area contributed by atoms with E-state index in [9.17, 15) is 4.79 Å². The Morgan fingerprint density at radius 3 is 2.62 bits per heavy atom. The molecule has 8 heteroatoms. The molecule has 3 aromatic rings. The minimum Gasteiger partial charge on any atom is -0.333 e. The maximum Gasteiger partial charge on any atom is 0.276 e. The lowest BCUT2D eigenvalue weighted by atomic mass is 10.1. The SMILES string of the molecule is CCn1cc(C(=O)N2CC(n3cc(-c4ccccc4)nn3)C2)nn1. The molecule has 4 rings (SSSR count). The van der Waals surface area contributed by atoms with Crippen molar-refractivity contribution < 1.29 is 4.79 Å². The van der Waals surface area contributed by atoms with Crippen LogP contribution in [0.4, 0.5) is 0 Å². The predicted molar refractivity (Wildman–Crippen MR) is 86.1 cm³/mol. The van der Waals surface area contributed by atoms with Crippen LogP contribution in [-0.4, -0.2) is 53.9 Å². The average molecular weight is 323 g/mol. The van der Waals surface area contributed by atoms with E-state index in [1.54, 1.807) is 15.8 Å². The van der Waals surface area contributed by atoms with Gasteiger partial charge in [0.1, 0.15) is 5.69 Å². The molecule has 1 saturated heterocycles. The van der Waals surface area contributed by atoms with Crippen molar-refractivity contribution in [2.75, 3.05) is 13.1 Å². The fourth-order valence-electron chi connectivity index (χ4n) is 2.70. The second kappa shape index (κ2) is 5.88. The summed E-state index contributed by atoms with van der Waals surface area (Å²) in [5, 5.41) is 16.2. The number of aryl methyl sites for hydroxylation is 1. The maximum absolute atomic E-state index is 12.3. The van der Waals surface area contributed by atoms with E-state index >= 15 is 0 Å². The number of hydrogen-bond acceptors (Lipinski definition) is 5. The summed E-state index contributed by atoms with van der Waals surface area (Å²) >= 11 is 0. The molecular formula is C16H17N7O. The molecule has 2 aromatic heterocycles. The highest BCUT2D eigenvalue weighted by molar-refractivity contribution is 5.92. The number of benzene rings is 1. The average Bonchev–Trinajstić information content (AvgIpc) is 3.24. The van der Waals surface area contributed by atoms with Gasteiger partial charge in [-0.3, -0.25) is 9.48 Å². The molecule has 1 aromatic carbocycles. The zero-order valence-corrected chi connectivity index (χ0v) is 13.3. The van der Waals surface area contributed by atoms with Crippen molar-refractivity contribution in [3.8, 4) is 11.3 Å². The zero-order valence-electron chi connectivity index (χ0n) is 13.3. The molecule has 0 aliphatic carbocycles. The van der Waals surface area contributed by atoms with E-state index in [0.717, 1.165) is 11.3 Å². The van der Waals surface area contributed by atoms with Crippen molar-refractivity contribution >= 4 is 5.91 Å². The number of aromatic nitrogens is 6. The van der Waals surface area contributed by atoms with Gasteiger partial charge in [-0.15, -0.1) is 10.2 Å². The van der Waals surface area contributed by atoms with Gasteiger partial charge in [-0.25, -0.2) is 4.68 Å². The zero-order chi connectivity index (χ0) is 16.5. The molecule has 0 unspecified atom stereocenters. The second-order valence-electron chi connectivity index (χ2n) is 5.77. The molecule has 0 N–H and O–H groups in total. The summed E-state index contributed by atoms with van der Waals surface area (Å²) in [6.45, 7) is 3.87. The predicted octanol–water partition coefficient (Wildman–Crippen LogP) is 1.25. The number of amides is 1. The smallest absolute Gasteiger partial charge is 0.276 e. The Morgan fingerprint density at radius 2 is 1.92 bits per heavy atom. The van der Waals surface area contributed by atoms with Gasteiger partial charge >= 0.3 is 0 Å². The van der Waals surface area contributed by atoms with E-state index in [2.05, 4.69) is 20.6 Å². The number of hydrogen-bond donors (Lipinski definition) is 0. The first-order chi connectivity index (χ1) is 11.7. The van der Waals surface area contributed by atoms with E-state index in [0.29, 0.717) is 25.3 Å². The van der Waals surface area contributed by atoms with Crippen LogP contribution >= 0.6 is 0 Å². The van der Waals surface area contributed by atoms with Crippen LogP contribution in [0.25, 0.3) is 11.3 Å². The van der Waals surface area contributed by atoms with Crippen LogP contribution in [0.5, 0.6) is 0 Å². The lowest BCUT2D eigenvalue weighted by Crippen LogP contribution is -2.51. The van der Waals surface area contributed by atoms with Crippen molar-refractivity contribution in [1.29, 1.82) is 0 Å². The summed E-state index contributed by atoms with van der Waals surface area (Å²) < 4.78 is 3.48. The third kappa shape index (κ3) is 2.55. The van der Waals surface area contributed by atoms with E-state index in [1.807, 2.05) is 48.1 Å². The van der Waals surface area contributed by atoms with Crippen LogP contribution in [-0.2, 0) is 6.54 Å². The van der Waals surface area contributed by atoms with E-state index < -0.39 is 0 Å². The molecule has 1 aliphatic heterocycles. The fourth-order valence-corrected chi connectivity index (χ4v) is 2.70. The maximum atomic E-state index is 12.3. The number of carbonyl (C=O) groups excluding carboxylic acids is 1. The third-order valence-corrected chi connectivity index (χ3v) is 4.19. The Balaban J connectivity index is 1.41. The molecule has 0 bridgehead atoms. The van der Waals surface area contributed by atoms with Crippen LogP contribution in [0.2, 0.25) is 0 Å². The topological polar surface area (TPSA) is 81.7 Å². The van der Waals surface area contributed by atoms with Gasteiger partial charge in [0.2, 0.25) is 0 Å². The van der Waals surface area contributed by atoms with Crippen LogP contribution in [0.15, 0.2) is 42.7 Å². The lowest BCUT2D eigenvalue weighted by Gasteiger charge is -2.38. The van der Waals surface area contributed by atoms with Crippen LogP contribution in [0.3, 0.4) is 0 Å². The molecule has 1 aliphatic rings. The highest BCUT2D eigenvalue weighted by atomic mass is 16.2. The quantitative estimate of drug-likeness (QED) is 0.722. The summed E-state index contributed by atoms with van der Waals surface area (Å²) in [5.74, 6) is -0.0886. The van der Waals surface area contributed by atoms with Crippen molar-refractivity contribution in [2.24, 2.45) is 0 Å². The van der Waals surface area contributed by atoms with Crippen molar-refractivity contribution in [2.45, 2.75) is 19.5 Å². The molecule has 1 amide bonds. The number of nitrogens with zero attached hydrogens (tertiary/aromatic N) is 7. The van der Waals surface area contributed by atoms with Gasteiger partial charge in [0.05, 0.1) is 18.4 Å². The first-order valence-corrected chi connectivity index (χ1v) is 7.91. The number of rotatable bonds is 4. The fraction of sp³-hybridized carbons (Fsp3) is 0.312. The van der Waals surface area contributed by atoms with E-state index in [-0.39, 0.29) is 11.9 Å². The summed E-state index contributed by atoms with van der Waals surface area (Å²) in [4.78, 5) is 14.1. The highest BCUT2D eigenvalue weighted by Crippen LogP contribution is 2.24. The Hall–Kier alpha value is -3.03. The molecule has 0 radical (unpaired) electrons. The van der Waals surface area contributed by atoms with Crippen LogP contribution in [0, 0.1) is 0 Å². The van der Waals surface area contributed by atoms with Crippen molar-refractivity contribution in [3.05, 3.63) is 48.4 Å². The molecular weight excluding hydrogens is 306 g/mol. The van der Waals surface area contributed by atoms with E-state index in [4.69, 9.17) is 0 Å². The Labute approximate surface area is 138 Å². The second-order valence-corrected chi connectivity index (χ2v) is 5.77. The Kier molecular flexibility index (Phi) is 3.56. The third-order valence-electron chi connectivity index (χ3n) is 4.19. The van der Waals surface area contributed by atoms with Gasteiger partial charge in [0.15, 0.2) is 5.69 Å². The molecule has 3 heterocycles. The number of carbonyl (C=O) groups is 1. The lowest BCUT2D eigenvalue weighted by molar-refractivity contribution is 0.0492. The Bertz CT molecular complexity index is 848. The molecule has 0 atom stereocenters. The normalized spacial score (nSPS) is 14.6. The highest BCUT2D eigenvalue weighted by Gasteiger charge is 2.34. The van der Waals surface area contributed by atoms with Gasteiger partial charge in [-0.05, 0) is 6.92 Å². The largest absolute Gasteiger partial charge is 0.333 e. The molecule has 0 saturated carbocycles. The van der Waals surface area contributed by atoms with Gasteiger partial charge in [0.25, 0.3) is 5.91 Å².